The molecule has 0 radical (unpaired) electrons. The Morgan fingerprint density at radius 2 is 1.61 bits per heavy atom. The SMILES string of the molecule is CC(C)(C)C(=O)Nc1cc(-c2cn3nc(-c4ccc(O)cc4)ccc3n2)ccc1C(F)(F)F. The maximum Gasteiger partial charge on any atom is 0.418 e. The minimum atomic E-state index is -4.63. The number of rotatable bonds is 3. The van der Waals surface area contributed by atoms with Crippen LogP contribution in [0.4, 0.5) is 18.9 Å². The normalized spacial score (nSPS) is 12.2. The van der Waals surface area contributed by atoms with Crippen LogP contribution in [0.2, 0.25) is 0 Å². The lowest BCUT2D eigenvalue weighted by Gasteiger charge is -2.20. The van der Waals surface area contributed by atoms with E-state index in [1.165, 1.54) is 16.6 Å². The van der Waals surface area contributed by atoms with E-state index >= 15 is 0 Å². The Kier molecular flexibility index (Phi) is 5.35. The molecule has 0 bridgehead atoms. The number of halogens is 3. The fraction of sp³-hybridized carbons (Fsp3) is 0.208. The number of nitrogens with one attached hydrogen (secondary N) is 1. The number of phenols is 1. The first kappa shape index (κ1) is 22.3. The molecule has 0 aliphatic rings. The van der Waals surface area contributed by atoms with Crippen molar-refractivity contribution in [1.82, 2.24) is 14.6 Å². The van der Waals surface area contributed by atoms with Gasteiger partial charge < -0.3 is 10.4 Å². The van der Waals surface area contributed by atoms with E-state index < -0.39 is 23.1 Å². The minimum absolute atomic E-state index is 0.140. The van der Waals surface area contributed by atoms with Gasteiger partial charge in [-0.3, -0.25) is 4.79 Å². The molecule has 2 N–H and O–H groups in total. The summed E-state index contributed by atoms with van der Waals surface area (Å²) in [6, 6.07) is 13.6. The number of hydrogen-bond acceptors (Lipinski definition) is 4. The van der Waals surface area contributed by atoms with Gasteiger partial charge in [0.2, 0.25) is 5.91 Å². The largest absolute Gasteiger partial charge is 0.508 e. The standard InChI is InChI=1S/C24H21F3N4O2/c1-23(2,3)22(33)29-19-12-15(6-9-17(19)24(25,26)27)20-13-31-21(28-20)11-10-18(30-31)14-4-7-16(32)8-5-14/h4-13,32H,1-3H3,(H,29,33). The Morgan fingerprint density at radius 1 is 0.939 bits per heavy atom. The average Bonchev–Trinajstić information content (AvgIpc) is 3.16. The molecule has 0 saturated heterocycles. The number of anilines is 1. The van der Waals surface area contributed by atoms with Gasteiger partial charge in [0.15, 0.2) is 5.65 Å². The Hall–Kier alpha value is -3.88. The molecular weight excluding hydrogens is 433 g/mol. The second kappa shape index (κ2) is 7.91. The van der Waals surface area contributed by atoms with Crippen molar-refractivity contribution < 1.29 is 23.1 Å². The lowest BCUT2D eigenvalue weighted by molar-refractivity contribution is -0.137. The Morgan fingerprint density at radius 3 is 2.24 bits per heavy atom. The van der Waals surface area contributed by atoms with Crippen molar-refractivity contribution in [3.05, 3.63) is 66.4 Å². The molecule has 6 nitrogen and oxygen atoms in total. The summed E-state index contributed by atoms with van der Waals surface area (Å²) >= 11 is 0. The van der Waals surface area contributed by atoms with Gasteiger partial charge in [-0.15, -0.1) is 0 Å². The number of aromatic hydroxyl groups is 1. The van der Waals surface area contributed by atoms with Crippen molar-refractivity contribution in [3.8, 4) is 28.3 Å². The van der Waals surface area contributed by atoms with Gasteiger partial charge >= 0.3 is 6.18 Å². The molecule has 0 fully saturated rings. The summed E-state index contributed by atoms with van der Waals surface area (Å²) in [5.41, 5.74) is 0.622. The van der Waals surface area contributed by atoms with Crippen molar-refractivity contribution in [3.63, 3.8) is 0 Å². The van der Waals surface area contributed by atoms with Gasteiger partial charge in [0.05, 0.1) is 28.8 Å². The predicted octanol–water partition coefficient (Wildman–Crippen LogP) is 5.77. The molecule has 0 aliphatic carbocycles. The monoisotopic (exact) mass is 454 g/mol. The number of alkyl halides is 3. The third kappa shape index (κ3) is 4.67. The first-order valence-electron chi connectivity index (χ1n) is 10.1. The van der Waals surface area contributed by atoms with E-state index in [-0.39, 0.29) is 11.4 Å². The highest BCUT2D eigenvalue weighted by atomic mass is 19.4. The molecule has 1 amide bonds. The predicted molar refractivity (Wildman–Crippen MR) is 119 cm³/mol. The highest BCUT2D eigenvalue weighted by Gasteiger charge is 2.35. The number of phenolic OH excluding ortho intramolecular Hbond substituents is 1. The summed E-state index contributed by atoms with van der Waals surface area (Å²) in [5.74, 6) is -0.387. The number of carbonyl (C=O) groups excluding carboxylic acids is 1. The van der Waals surface area contributed by atoms with E-state index in [2.05, 4.69) is 15.4 Å². The zero-order valence-electron chi connectivity index (χ0n) is 18.1. The maximum atomic E-state index is 13.5. The van der Waals surface area contributed by atoms with Crippen LogP contribution in [-0.4, -0.2) is 25.6 Å². The average molecular weight is 454 g/mol. The molecule has 33 heavy (non-hydrogen) atoms. The number of nitrogens with zero attached hydrogens (tertiary/aromatic N) is 3. The van der Waals surface area contributed by atoms with Crippen LogP contribution >= 0.6 is 0 Å². The number of hydrogen-bond donors (Lipinski definition) is 2. The van der Waals surface area contributed by atoms with Crippen LogP contribution in [-0.2, 0) is 11.0 Å². The molecular formula is C24H21F3N4O2. The van der Waals surface area contributed by atoms with Crippen LogP contribution in [0.1, 0.15) is 26.3 Å². The van der Waals surface area contributed by atoms with Crippen molar-refractivity contribution >= 4 is 17.2 Å². The van der Waals surface area contributed by atoms with Gasteiger partial charge in [0.25, 0.3) is 0 Å². The van der Waals surface area contributed by atoms with E-state index in [0.717, 1.165) is 11.6 Å². The van der Waals surface area contributed by atoms with Crippen molar-refractivity contribution in [2.45, 2.75) is 26.9 Å². The fourth-order valence-corrected chi connectivity index (χ4v) is 3.17. The van der Waals surface area contributed by atoms with Crippen LogP contribution in [0, 0.1) is 5.41 Å². The van der Waals surface area contributed by atoms with Crippen molar-refractivity contribution in [2.75, 3.05) is 5.32 Å². The second-order valence-corrected chi connectivity index (χ2v) is 8.66. The quantitative estimate of drug-likeness (QED) is 0.412. The van der Waals surface area contributed by atoms with Crippen LogP contribution in [0.15, 0.2) is 60.8 Å². The van der Waals surface area contributed by atoms with Gasteiger partial charge in [-0.25, -0.2) is 9.50 Å². The Labute approximate surface area is 187 Å². The van der Waals surface area contributed by atoms with E-state index in [0.29, 0.717) is 22.6 Å². The number of benzene rings is 2. The van der Waals surface area contributed by atoms with Crippen LogP contribution in [0.5, 0.6) is 5.75 Å². The first-order chi connectivity index (χ1) is 15.4. The molecule has 9 heteroatoms. The Bertz CT molecular complexity index is 1340. The second-order valence-electron chi connectivity index (χ2n) is 8.66. The molecule has 4 rings (SSSR count). The molecule has 2 aromatic carbocycles. The molecule has 0 saturated carbocycles. The van der Waals surface area contributed by atoms with Crippen LogP contribution < -0.4 is 5.32 Å². The fourth-order valence-electron chi connectivity index (χ4n) is 3.17. The molecule has 0 spiro atoms. The van der Waals surface area contributed by atoms with Crippen molar-refractivity contribution in [1.29, 1.82) is 0 Å². The van der Waals surface area contributed by atoms with Gasteiger partial charge in [-0.1, -0.05) is 26.8 Å². The number of aromatic nitrogens is 3. The highest BCUT2D eigenvalue weighted by molar-refractivity contribution is 5.96. The van der Waals surface area contributed by atoms with Gasteiger partial charge in [0.1, 0.15) is 5.75 Å². The molecule has 4 aromatic rings. The number of carbonyl (C=O) groups is 1. The van der Waals surface area contributed by atoms with Crippen LogP contribution in [0.25, 0.3) is 28.2 Å². The maximum absolute atomic E-state index is 13.5. The number of amides is 1. The lowest BCUT2D eigenvalue weighted by Crippen LogP contribution is -2.28. The summed E-state index contributed by atoms with van der Waals surface area (Å²) in [6.07, 6.45) is -3.02. The topological polar surface area (TPSA) is 79.5 Å². The number of fused-ring (bicyclic) bond motifs is 1. The van der Waals surface area contributed by atoms with Gasteiger partial charge in [0, 0.05) is 16.5 Å². The van der Waals surface area contributed by atoms with E-state index in [1.807, 2.05) is 0 Å². The Balaban J connectivity index is 1.74. The van der Waals surface area contributed by atoms with Gasteiger partial charge in [-0.2, -0.15) is 18.3 Å². The molecule has 170 valence electrons. The number of imidazole rings is 1. The first-order valence-corrected chi connectivity index (χ1v) is 10.1. The lowest BCUT2D eigenvalue weighted by atomic mass is 9.95. The van der Waals surface area contributed by atoms with Gasteiger partial charge in [-0.05, 0) is 48.5 Å². The minimum Gasteiger partial charge on any atom is -0.508 e. The third-order valence-corrected chi connectivity index (χ3v) is 5.03. The molecule has 0 unspecified atom stereocenters. The summed E-state index contributed by atoms with van der Waals surface area (Å²) < 4.78 is 42.1. The summed E-state index contributed by atoms with van der Waals surface area (Å²) in [6.45, 7) is 4.87. The molecule has 2 heterocycles. The van der Waals surface area contributed by atoms with Crippen molar-refractivity contribution in [2.24, 2.45) is 5.41 Å². The molecule has 2 aromatic heterocycles. The molecule has 0 atom stereocenters. The van der Waals surface area contributed by atoms with Crippen LogP contribution in [0.3, 0.4) is 0 Å². The summed E-state index contributed by atoms with van der Waals surface area (Å²) in [5, 5.41) is 16.4. The zero-order chi connectivity index (χ0) is 24.0. The van der Waals surface area contributed by atoms with E-state index in [9.17, 15) is 23.1 Å². The summed E-state index contributed by atoms with van der Waals surface area (Å²) in [7, 11) is 0. The smallest absolute Gasteiger partial charge is 0.418 e. The third-order valence-electron chi connectivity index (χ3n) is 5.03. The molecule has 0 aliphatic heterocycles. The van der Waals surface area contributed by atoms with E-state index in [1.54, 1.807) is 63.4 Å². The highest BCUT2D eigenvalue weighted by Crippen LogP contribution is 2.38. The summed E-state index contributed by atoms with van der Waals surface area (Å²) in [4.78, 5) is 16.8. The van der Waals surface area contributed by atoms with E-state index in [4.69, 9.17) is 0 Å². The zero-order valence-corrected chi connectivity index (χ0v) is 18.1.